The Labute approximate surface area is 141 Å². The van der Waals surface area contributed by atoms with Crippen LogP contribution in [0.15, 0.2) is 29.0 Å². The van der Waals surface area contributed by atoms with Crippen molar-refractivity contribution in [1.82, 2.24) is 20.0 Å². The third kappa shape index (κ3) is 3.72. The highest BCUT2D eigenvalue weighted by Crippen LogP contribution is 2.29. The molecule has 3 rings (SSSR count). The molecular formula is C17H23N5O2. The minimum absolute atomic E-state index is 0.135. The van der Waals surface area contributed by atoms with Gasteiger partial charge in [-0.2, -0.15) is 4.98 Å². The molecule has 0 radical (unpaired) electrons. The summed E-state index contributed by atoms with van der Waals surface area (Å²) in [5.74, 6) is 1.39. The Kier molecular flexibility index (Phi) is 5.08. The molecule has 7 nitrogen and oxygen atoms in total. The van der Waals surface area contributed by atoms with Gasteiger partial charge >= 0.3 is 6.03 Å². The zero-order chi connectivity index (χ0) is 16.9. The molecule has 0 saturated carbocycles. The van der Waals surface area contributed by atoms with Gasteiger partial charge in [0.15, 0.2) is 5.82 Å². The third-order valence-electron chi connectivity index (χ3n) is 4.19. The van der Waals surface area contributed by atoms with Crippen molar-refractivity contribution < 1.29 is 9.32 Å². The molecule has 1 N–H and O–H groups in total. The maximum Gasteiger partial charge on any atom is 0.322 e. The van der Waals surface area contributed by atoms with Gasteiger partial charge in [-0.25, -0.2) is 4.79 Å². The summed E-state index contributed by atoms with van der Waals surface area (Å²) in [6.07, 6.45) is 7.29. The number of amides is 2. The van der Waals surface area contributed by atoms with Gasteiger partial charge in [0.1, 0.15) is 0 Å². The maximum atomic E-state index is 12.8. The monoisotopic (exact) mass is 329 g/mol. The lowest BCUT2D eigenvalue weighted by molar-refractivity contribution is 0.184. The third-order valence-corrected chi connectivity index (χ3v) is 4.19. The van der Waals surface area contributed by atoms with Gasteiger partial charge in [-0.1, -0.05) is 31.8 Å². The molecule has 0 aliphatic carbocycles. The van der Waals surface area contributed by atoms with E-state index in [4.69, 9.17) is 4.52 Å². The van der Waals surface area contributed by atoms with Crippen molar-refractivity contribution >= 4 is 11.7 Å². The smallest absolute Gasteiger partial charge is 0.322 e. The lowest BCUT2D eigenvalue weighted by Gasteiger charge is -2.27. The number of hydrogen-bond donors (Lipinski definition) is 1. The highest BCUT2D eigenvalue weighted by molar-refractivity contribution is 5.89. The van der Waals surface area contributed by atoms with E-state index in [0.717, 1.165) is 31.4 Å². The standard InChI is InChI=1S/C17H23N5O2/c1-12(2)16-20-15(21-24-16)14-6-4-3-5-11-22(14)17(23)19-13-7-9-18-10-8-13/h7-10,12,14H,3-6,11H2,1-2H3,(H,18,19,23)/t14-/m0/s1. The number of anilines is 1. The van der Waals surface area contributed by atoms with Crippen molar-refractivity contribution in [3.8, 4) is 0 Å². The van der Waals surface area contributed by atoms with Crippen molar-refractivity contribution in [2.75, 3.05) is 11.9 Å². The maximum absolute atomic E-state index is 12.8. The summed E-state index contributed by atoms with van der Waals surface area (Å²) in [5.41, 5.74) is 0.731. The first-order valence-electron chi connectivity index (χ1n) is 8.46. The highest BCUT2D eigenvalue weighted by Gasteiger charge is 2.30. The first-order valence-corrected chi connectivity index (χ1v) is 8.46. The molecule has 0 bridgehead atoms. The number of aromatic nitrogens is 3. The van der Waals surface area contributed by atoms with Crippen LogP contribution >= 0.6 is 0 Å². The summed E-state index contributed by atoms with van der Waals surface area (Å²) in [7, 11) is 0. The predicted molar refractivity (Wildman–Crippen MR) is 89.6 cm³/mol. The van der Waals surface area contributed by atoms with Crippen LogP contribution in [0.1, 0.15) is 63.2 Å². The van der Waals surface area contributed by atoms with Crippen LogP contribution in [-0.2, 0) is 0 Å². The average molecular weight is 329 g/mol. The predicted octanol–water partition coefficient (Wildman–Crippen LogP) is 3.74. The van der Waals surface area contributed by atoms with Crippen molar-refractivity contribution in [3.63, 3.8) is 0 Å². The Morgan fingerprint density at radius 1 is 1.29 bits per heavy atom. The van der Waals surface area contributed by atoms with Crippen LogP contribution in [0.3, 0.4) is 0 Å². The van der Waals surface area contributed by atoms with Crippen LogP contribution in [-0.4, -0.2) is 32.6 Å². The first kappa shape index (κ1) is 16.4. The van der Waals surface area contributed by atoms with Crippen molar-refractivity contribution in [2.45, 2.75) is 51.5 Å². The number of carbonyl (C=O) groups excluding carboxylic acids is 1. The van der Waals surface area contributed by atoms with Gasteiger partial charge in [-0.05, 0) is 25.0 Å². The zero-order valence-corrected chi connectivity index (χ0v) is 14.1. The molecule has 128 valence electrons. The van der Waals surface area contributed by atoms with E-state index >= 15 is 0 Å². The van der Waals surface area contributed by atoms with E-state index in [2.05, 4.69) is 20.4 Å². The highest BCUT2D eigenvalue weighted by atomic mass is 16.5. The molecule has 0 aromatic carbocycles. The molecule has 0 unspecified atom stereocenters. The van der Waals surface area contributed by atoms with Gasteiger partial charge in [0.25, 0.3) is 0 Å². The molecule has 7 heteroatoms. The number of urea groups is 1. The Morgan fingerprint density at radius 3 is 2.79 bits per heavy atom. The Morgan fingerprint density at radius 2 is 2.08 bits per heavy atom. The molecule has 1 saturated heterocycles. The molecule has 2 amide bonds. The largest absolute Gasteiger partial charge is 0.339 e. The summed E-state index contributed by atoms with van der Waals surface area (Å²) in [4.78, 5) is 23.0. The Balaban J connectivity index is 1.80. The Bertz CT molecular complexity index is 671. The van der Waals surface area contributed by atoms with Crippen molar-refractivity contribution in [3.05, 3.63) is 36.2 Å². The van der Waals surface area contributed by atoms with Gasteiger partial charge < -0.3 is 14.7 Å². The van der Waals surface area contributed by atoms with Crippen LogP contribution < -0.4 is 5.32 Å². The number of pyridine rings is 1. The van der Waals surface area contributed by atoms with E-state index < -0.39 is 0 Å². The minimum atomic E-state index is -0.148. The molecule has 3 heterocycles. The number of hydrogen-bond acceptors (Lipinski definition) is 5. The Hall–Kier alpha value is -2.44. The second-order valence-electron chi connectivity index (χ2n) is 6.37. The molecule has 1 atom stereocenters. The van der Waals surface area contributed by atoms with E-state index in [1.807, 2.05) is 18.7 Å². The van der Waals surface area contributed by atoms with Crippen LogP contribution in [0.4, 0.5) is 10.5 Å². The number of rotatable bonds is 3. The van der Waals surface area contributed by atoms with Gasteiger partial charge in [0.2, 0.25) is 5.89 Å². The zero-order valence-electron chi connectivity index (χ0n) is 14.1. The second-order valence-corrected chi connectivity index (χ2v) is 6.37. The molecular weight excluding hydrogens is 306 g/mol. The normalized spacial score (nSPS) is 18.5. The molecule has 1 fully saturated rings. The van der Waals surface area contributed by atoms with E-state index in [1.54, 1.807) is 24.5 Å². The summed E-state index contributed by atoms with van der Waals surface area (Å²) < 4.78 is 5.34. The van der Waals surface area contributed by atoms with E-state index in [-0.39, 0.29) is 18.0 Å². The van der Waals surface area contributed by atoms with Crippen LogP contribution in [0.25, 0.3) is 0 Å². The fourth-order valence-electron chi connectivity index (χ4n) is 2.87. The number of carbonyl (C=O) groups is 1. The van der Waals surface area contributed by atoms with E-state index in [0.29, 0.717) is 18.3 Å². The summed E-state index contributed by atoms with van der Waals surface area (Å²) in [5, 5.41) is 7.05. The fourth-order valence-corrected chi connectivity index (χ4v) is 2.87. The van der Waals surface area contributed by atoms with E-state index in [1.165, 1.54) is 0 Å². The van der Waals surface area contributed by atoms with Gasteiger partial charge in [0, 0.05) is 30.5 Å². The van der Waals surface area contributed by atoms with E-state index in [9.17, 15) is 4.79 Å². The molecule has 1 aliphatic heterocycles. The van der Waals surface area contributed by atoms with Crippen molar-refractivity contribution in [2.24, 2.45) is 0 Å². The molecule has 2 aromatic rings. The van der Waals surface area contributed by atoms with Crippen molar-refractivity contribution in [1.29, 1.82) is 0 Å². The van der Waals surface area contributed by atoms with Crippen LogP contribution in [0.5, 0.6) is 0 Å². The van der Waals surface area contributed by atoms with Crippen LogP contribution in [0.2, 0.25) is 0 Å². The number of nitrogens with one attached hydrogen (secondary N) is 1. The molecule has 24 heavy (non-hydrogen) atoms. The minimum Gasteiger partial charge on any atom is -0.339 e. The quantitative estimate of drug-likeness (QED) is 0.927. The van der Waals surface area contributed by atoms with Gasteiger partial charge in [-0.15, -0.1) is 0 Å². The van der Waals surface area contributed by atoms with Gasteiger partial charge in [0.05, 0.1) is 6.04 Å². The number of nitrogens with zero attached hydrogens (tertiary/aromatic N) is 4. The SMILES string of the molecule is CC(C)c1nc([C@@H]2CCCCCN2C(=O)Nc2ccncc2)no1. The topological polar surface area (TPSA) is 84.2 Å². The molecule has 1 aliphatic rings. The lowest BCUT2D eigenvalue weighted by Crippen LogP contribution is -2.38. The first-order chi connectivity index (χ1) is 11.6. The summed E-state index contributed by atoms with van der Waals surface area (Å²) >= 11 is 0. The lowest BCUT2D eigenvalue weighted by atomic mass is 10.1. The summed E-state index contributed by atoms with van der Waals surface area (Å²) in [6.45, 7) is 4.71. The average Bonchev–Trinajstić information content (AvgIpc) is 2.94. The summed E-state index contributed by atoms with van der Waals surface area (Å²) in [6, 6.07) is 3.26. The van der Waals surface area contributed by atoms with Gasteiger partial charge in [-0.3, -0.25) is 4.98 Å². The van der Waals surface area contributed by atoms with Crippen LogP contribution in [0, 0.1) is 0 Å². The number of likely N-dealkylation sites (tertiary alicyclic amines) is 1. The second kappa shape index (κ2) is 7.42. The molecule has 0 spiro atoms. The fraction of sp³-hybridized carbons (Fsp3) is 0.529. The molecule has 2 aromatic heterocycles.